The number of fused-ring (bicyclic) bond motifs is 1. The number of carbonyl (C=O) groups is 2. The number of hydrogen-bond donors (Lipinski definition) is 0. The summed E-state index contributed by atoms with van der Waals surface area (Å²) in [5.41, 5.74) is 0.436. The van der Waals surface area contributed by atoms with Crippen LogP contribution in [0.2, 0.25) is 0 Å². The lowest BCUT2D eigenvalue weighted by molar-refractivity contribution is -0.141. The van der Waals surface area contributed by atoms with Crippen LogP contribution in [0.15, 0.2) is 42.5 Å². The third-order valence-corrected chi connectivity index (χ3v) is 3.16. The summed E-state index contributed by atoms with van der Waals surface area (Å²) >= 11 is 5.87. The molecule has 0 aromatic heterocycles. The fourth-order valence-corrected chi connectivity index (χ4v) is 2.08. The molecule has 2 aromatic carbocycles. The Labute approximate surface area is 116 Å². The first kappa shape index (κ1) is 13.6. The number of halogens is 1. The Hall–Kier alpha value is -1.87. The molecule has 0 radical (unpaired) electrons. The van der Waals surface area contributed by atoms with E-state index in [0.29, 0.717) is 5.56 Å². The van der Waals surface area contributed by atoms with Gasteiger partial charge < -0.3 is 4.74 Å². The van der Waals surface area contributed by atoms with Gasteiger partial charge in [-0.1, -0.05) is 42.5 Å². The van der Waals surface area contributed by atoms with Gasteiger partial charge in [0.05, 0.1) is 6.61 Å². The van der Waals surface area contributed by atoms with Crippen LogP contribution in [0, 0.1) is 0 Å². The molecule has 0 aliphatic carbocycles. The Morgan fingerprint density at radius 2 is 1.84 bits per heavy atom. The van der Waals surface area contributed by atoms with Gasteiger partial charge in [0, 0.05) is 5.56 Å². The molecule has 19 heavy (non-hydrogen) atoms. The SMILES string of the molecule is CCOC(=O)C(Cl)C(=O)c1cccc2ccccc12. The average molecular weight is 277 g/mol. The van der Waals surface area contributed by atoms with E-state index in [1.165, 1.54) is 0 Å². The van der Waals surface area contributed by atoms with Crippen LogP contribution >= 0.6 is 11.6 Å². The maximum absolute atomic E-state index is 12.2. The molecular formula is C15H13ClO3. The van der Waals surface area contributed by atoms with E-state index in [-0.39, 0.29) is 6.61 Å². The van der Waals surface area contributed by atoms with Crippen molar-refractivity contribution in [3.63, 3.8) is 0 Å². The van der Waals surface area contributed by atoms with Crippen LogP contribution in [-0.2, 0) is 9.53 Å². The van der Waals surface area contributed by atoms with Crippen LogP contribution in [0.1, 0.15) is 17.3 Å². The summed E-state index contributed by atoms with van der Waals surface area (Å²) in [5.74, 6) is -1.14. The molecule has 0 aliphatic heterocycles. The zero-order valence-electron chi connectivity index (χ0n) is 10.4. The van der Waals surface area contributed by atoms with Gasteiger partial charge in [-0.2, -0.15) is 0 Å². The largest absolute Gasteiger partial charge is 0.465 e. The normalized spacial score (nSPS) is 12.1. The van der Waals surface area contributed by atoms with Crippen molar-refractivity contribution in [3.05, 3.63) is 48.0 Å². The summed E-state index contributed by atoms with van der Waals surface area (Å²) in [6.07, 6.45) is 0. The van der Waals surface area contributed by atoms with E-state index in [1.54, 1.807) is 19.1 Å². The maximum atomic E-state index is 12.2. The highest BCUT2D eigenvalue weighted by Crippen LogP contribution is 2.21. The molecule has 0 saturated heterocycles. The second-order valence-corrected chi connectivity index (χ2v) is 4.44. The van der Waals surface area contributed by atoms with Crippen molar-refractivity contribution in [1.82, 2.24) is 0 Å². The van der Waals surface area contributed by atoms with Gasteiger partial charge in [0.2, 0.25) is 0 Å². The molecule has 0 aliphatic rings. The van der Waals surface area contributed by atoms with Crippen LogP contribution in [0.4, 0.5) is 0 Å². The van der Waals surface area contributed by atoms with Crippen molar-refractivity contribution in [2.24, 2.45) is 0 Å². The molecule has 0 amide bonds. The van der Waals surface area contributed by atoms with Crippen molar-refractivity contribution in [2.45, 2.75) is 12.3 Å². The van der Waals surface area contributed by atoms with Crippen LogP contribution < -0.4 is 0 Å². The number of rotatable bonds is 4. The van der Waals surface area contributed by atoms with Gasteiger partial charge in [-0.15, -0.1) is 11.6 Å². The molecule has 4 heteroatoms. The Bertz CT molecular complexity index is 616. The first-order valence-corrected chi connectivity index (χ1v) is 6.41. The molecule has 2 rings (SSSR count). The smallest absolute Gasteiger partial charge is 0.332 e. The summed E-state index contributed by atoms with van der Waals surface area (Å²) in [5, 5.41) is 0.414. The highest BCUT2D eigenvalue weighted by Gasteiger charge is 2.27. The lowest BCUT2D eigenvalue weighted by atomic mass is 10.00. The highest BCUT2D eigenvalue weighted by molar-refractivity contribution is 6.44. The Morgan fingerprint density at radius 3 is 2.58 bits per heavy atom. The van der Waals surface area contributed by atoms with Crippen LogP contribution in [0.25, 0.3) is 10.8 Å². The molecule has 0 spiro atoms. The molecule has 1 unspecified atom stereocenters. The van der Waals surface area contributed by atoms with Gasteiger partial charge in [0.15, 0.2) is 11.2 Å². The summed E-state index contributed by atoms with van der Waals surface area (Å²) in [6.45, 7) is 1.87. The van der Waals surface area contributed by atoms with Crippen molar-refractivity contribution in [2.75, 3.05) is 6.61 Å². The predicted octanol–water partition coefficient (Wildman–Crippen LogP) is 3.19. The van der Waals surface area contributed by atoms with Gasteiger partial charge in [0.1, 0.15) is 0 Å². The van der Waals surface area contributed by atoms with Gasteiger partial charge in [-0.05, 0) is 17.7 Å². The van der Waals surface area contributed by atoms with E-state index >= 15 is 0 Å². The summed E-state index contributed by atoms with van der Waals surface area (Å²) in [6, 6.07) is 12.8. The minimum atomic E-state index is -1.30. The molecule has 3 nitrogen and oxygen atoms in total. The van der Waals surface area contributed by atoms with E-state index in [1.807, 2.05) is 30.3 Å². The number of esters is 1. The molecule has 0 saturated carbocycles. The van der Waals surface area contributed by atoms with Crippen LogP contribution in [-0.4, -0.2) is 23.7 Å². The molecule has 1 atom stereocenters. The van der Waals surface area contributed by atoms with Gasteiger partial charge >= 0.3 is 5.97 Å². The van der Waals surface area contributed by atoms with Gasteiger partial charge in [-0.3, -0.25) is 4.79 Å². The molecule has 0 bridgehead atoms. The topological polar surface area (TPSA) is 43.4 Å². The molecule has 0 N–H and O–H groups in total. The Kier molecular flexibility index (Phi) is 4.17. The molecule has 2 aromatic rings. The first-order chi connectivity index (χ1) is 9.15. The standard InChI is InChI=1S/C15H13ClO3/c1-2-19-15(18)13(16)14(17)12-9-5-7-10-6-3-4-8-11(10)12/h3-9,13H,2H2,1H3. The number of carbonyl (C=O) groups excluding carboxylic acids is 2. The number of ketones is 1. The second-order valence-electron chi connectivity index (χ2n) is 4.01. The van der Waals surface area contributed by atoms with Crippen LogP contribution in [0.5, 0.6) is 0 Å². The summed E-state index contributed by atoms with van der Waals surface area (Å²) in [4.78, 5) is 23.8. The second kappa shape index (κ2) is 5.85. The quantitative estimate of drug-likeness (QED) is 0.373. The monoisotopic (exact) mass is 276 g/mol. The van der Waals surface area contributed by atoms with E-state index in [4.69, 9.17) is 16.3 Å². The Balaban J connectivity index is 2.39. The minimum Gasteiger partial charge on any atom is -0.465 e. The van der Waals surface area contributed by atoms with E-state index in [9.17, 15) is 9.59 Å². The maximum Gasteiger partial charge on any atom is 0.332 e. The molecule has 98 valence electrons. The molecule has 0 heterocycles. The molecular weight excluding hydrogens is 264 g/mol. The van der Waals surface area contributed by atoms with Gasteiger partial charge in [-0.25, -0.2) is 4.79 Å². The summed E-state index contributed by atoms with van der Waals surface area (Å²) < 4.78 is 4.77. The third-order valence-electron chi connectivity index (χ3n) is 2.78. The lowest BCUT2D eigenvalue weighted by Crippen LogP contribution is -2.27. The van der Waals surface area contributed by atoms with Crippen molar-refractivity contribution in [1.29, 1.82) is 0 Å². The number of Topliss-reactive ketones (excluding diaryl/α,β-unsaturated/α-hetero) is 1. The first-order valence-electron chi connectivity index (χ1n) is 5.98. The van der Waals surface area contributed by atoms with Crippen molar-refractivity contribution < 1.29 is 14.3 Å². The van der Waals surface area contributed by atoms with Crippen molar-refractivity contribution in [3.8, 4) is 0 Å². The zero-order chi connectivity index (χ0) is 13.8. The van der Waals surface area contributed by atoms with Crippen molar-refractivity contribution >= 4 is 34.1 Å². The van der Waals surface area contributed by atoms with E-state index in [0.717, 1.165) is 10.8 Å². The average Bonchev–Trinajstić information content (AvgIpc) is 2.45. The van der Waals surface area contributed by atoms with Gasteiger partial charge in [0.25, 0.3) is 0 Å². The van der Waals surface area contributed by atoms with Crippen LogP contribution in [0.3, 0.4) is 0 Å². The summed E-state index contributed by atoms with van der Waals surface area (Å²) in [7, 11) is 0. The predicted molar refractivity (Wildman–Crippen MR) is 74.6 cm³/mol. The number of hydrogen-bond acceptors (Lipinski definition) is 3. The highest BCUT2D eigenvalue weighted by atomic mass is 35.5. The molecule has 0 fully saturated rings. The van der Waals surface area contributed by atoms with E-state index in [2.05, 4.69) is 0 Å². The van der Waals surface area contributed by atoms with E-state index < -0.39 is 17.1 Å². The fraction of sp³-hybridized carbons (Fsp3) is 0.200. The third kappa shape index (κ3) is 2.76. The fourth-order valence-electron chi connectivity index (χ4n) is 1.90. The minimum absolute atomic E-state index is 0.199. The Morgan fingerprint density at radius 1 is 1.16 bits per heavy atom. The number of ether oxygens (including phenoxy) is 1. The zero-order valence-corrected chi connectivity index (χ0v) is 11.2. The number of benzene rings is 2. The number of alkyl halides is 1. The lowest BCUT2D eigenvalue weighted by Gasteiger charge is -2.10.